The smallest absolute Gasteiger partial charge is 0.306 e. The Balaban J connectivity index is 1.91. The van der Waals surface area contributed by atoms with Gasteiger partial charge in [0.25, 0.3) is 0 Å². The van der Waals surface area contributed by atoms with Gasteiger partial charge in [-0.05, 0) is 60.9 Å². The molecule has 0 radical (unpaired) electrons. The first-order valence-corrected chi connectivity index (χ1v) is 7.90. The number of carbonyl (C=O) groups excluding carboxylic acids is 1. The molecule has 1 saturated heterocycles. The van der Waals surface area contributed by atoms with Crippen LogP contribution in [0.3, 0.4) is 0 Å². The number of carbonyl (C=O) groups is 1. The third kappa shape index (κ3) is 5.29. The lowest BCUT2D eigenvalue weighted by Crippen LogP contribution is -2.26. The van der Waals surface area contributed by atoms with Gasteiger partial charge in [-0.1, -0.05) is 6.07 Å². The van der Waals surface area contributed by atoms with Gasteiger partial charge < -0.3 is 4.74 Å². The molecule has 0 saturated carbocycles. The second kappa shape index (κ2) is 8.35. The predicted octanol–water partition coefficient (Wildman–Crippen LogP) is 3.37. The summed E-state index contributed by atoms with van der Waals surface area (Å²) in [4.78, 5) is 15.8. The van der Waals surface area contributed by atoms with Crippen LogP contribution in [0, 0.1) is 5.92 Å². The van der Waals surface area contributed by atoms with Gasteiger partial charge in [0, 0.05) is 25.5 Å². The van der Waals surface area contributed by atoms with Crippen LogP contribution in [0.5, 0.6) is 0 Å². The topological polar surface area (TPSA) is 42.4 Å². The van der Waals surface area contributed by atoms with Gasteiger partial charge in [0.05, 0.1) is 13.5 Å². The molecule has 2 heterocycles. The van der Waals surface area contributed by atoms with Crippen molar-refractivity contribution in [1.82, 2.24) is 9.40 Å². The number of halogens is 1. The number of pyridine rings is 1. The number of ether oxygens (including phenoxy) is 1. The van der Waals surface area contributed by atoms with Gasteiger partial charge in [-0.15, -0.1) is 0 Å². The molecule has 2 rings (SSSR count). The fourth-order valence-corrected chi connectivity index (χ4v) is 3.11. The van der Waals surface area contributed by atoms with Gasteiger partial charge >= 0.3 is 5.97 Å². The Labute approximate surface area is 131 Å². The SMILES string of the molecule is COC(=O)CC(CCC1CCN(Cl)CC1)c1cccnc1. The first-order valence-electron chi connectivity index (χ1n) is 7.56. The quantitative estimate of drug-likeness (QED) is 0.597. The molecule has 1 aromatic rings. The van der Waals surface area contributed by atoms with Gasteiger partial charge in [-0.3, -0.25) is 9.78 Å². The van der Waals surface area contributed by atoms with Crippen molar-refractivity contribution in [3.63, 3.8) is 0 Å². The minimum atomic E-state index is -0.153. The Morgan fingerprint density at radius 1 is 1.52 bits per heavy atom. The summed E-state index contributed by atoms with van der Waals surface area (Å²) in [5.41, 5.74) is 1.12. The average molecular weight is 311 g/mol. The van der Waals surface area contributed by atoms with Crippen molar-refractivity contribution in [3.8, 4) is 0 Å². The molecule has 1 atom stereocenters. The molecule has 0 aliphatic carbocycles. The summed E-state index contributed by atoms with van der Waals surface area (Å²) in [5, 5.41) is 0. The average Bonchev–Trinajstić information content (AvgIpc) is 2.53. The second-order valence-electron chi connectivity index (χ2n) is 5.69. The van der Waals surface area contributed by atoms with E-state index in [0.29, 0.717) is 12.3 Å². The largest absolute Gasteiger partial charge is 0.469 e. The highest BCUT2D eigenvalue weighted by Crippen LogP contribution is 2.30. The van der Waals surface area contributed by atoms with E-state index in [1.54, 1.807) is 6.20 Å². The molecule has 1 unspecified atom stereocenters. The van der Waals surface area contributed by atoms with Crippen LogP contribution >= 0.6 is 11.8 Å². The van der Waals surface area contributed by atoms with E-state index in [0.717, 1.165) is 44.3 Å². The monoisotopic (exact) mass is 310 g/mol. The molecule has 0 amide bonds. The molecule has 0 spiro atoms. The first kappa shape index (κ1) is 16.2. The Morgan fingerprint density at radius 3 is 2.90 bits per heavy atom. The maximum Gasteiger partial charge on any atom is 0.306 e. The number of hydrogen-bond donors (Lipinski definition) is 0. The first-order chi connectivity index (χ1) is 10.2. The summed E-state index contributed by atoms with van der Waals surface area (Å²) < 4.78 is 6.69. The molecule has 0 bridgehead atoms. The van der Waals surface area contributed by atoms with Crippen molar-refractivity contribution in [2.24, 2.45) is 5.92 Å². The summed E-state index contributed by atoms with van der Waals surface area (Å²) in [6.07, 6.45) is 8.44. The Bertz CT molecular complexity index is 433. The molecule has 1 aliphatic heterocycles. The van der Waals surface area contributed by atoms with Crippen molar-refractivity contribution in [1.29, 1.82) is 0 Å². The number of piperidine rings is 1. The van der Waals surface area contributed by atoms with Crippen LogP contribution < -0.4 is 0 Å². The molecule has 0 N–H and O–H groups in total. The van der Waals surface area contributed by atoms with Gasteiger partial charge in [0.15, 0.2) is 0 Å². The summed E-state index contributed by atoms with van der Waals surface area (Å²) in [5.74, 6) is 0.747. The zero-order valence-corrected chi connectivity index (χ0v) is 13.3. The third-order valence-corrected chi connectivity index (χ3v) is 4.62. The third-order valence-electron chi connectivity index (χ3n) is 4.28. The Hall–Kier alpha value is -1.13. The van der Waals surface area contributed by atoms with Crippen molar-refractivity contribution in [2.45, 2.75) is 38.0 Å². The molecular formula is C16H23ClN2O2. The lowest BCUT2D eigenvalue weighted by molar-refractivity contribution is -0.141. The highest BCUT2D eigenvalue weighted by Gasteiger charge is 2.22. The summed E-state index contributed by atoms with van der Waals surface area (Å²) in [6.45, 7) is 1.92. The van der Waals surface area contributed by atoms with Gasteiger partial charge in [-0.2, -0.15) is 0 Å². The number of methoxy groups -OCH3 is 1. The van der Waals surface area contributed by atoms with E-state index in [-0.39, 0.29) is 11.9 Å². The molecule has 1 fully saturated rings. The van der Waals surface area contributed by atoms with Crippen molar-refractivity contribution in [3.05, 3.63) is 30.1 Å². The van der Waals surface area contributed by atoms with Crippen molar-refractivity contribution < 1.29 is 9.53 Å². The van der Waals surface area contributed by atoms with E-state index in [9.17, 15) is 4.79 Å². The molecule has 1 aromatic heterocycles. The lowest BCUT2D eigenvalue weighted by Gasteiger charge is -2.28. The van der Waals surface area contributed by atoms with Crippen LogP contribution in [0.15, 0.2) is 24.5 Å². The molecule has 116 valence electrons. The zero-order chi connectivity index (χ0) is 15.1. The number of nitrogens with zero attached hydrogens (tertiary/aromatic N) is 2. The van der Waals surface area contributed by atoms with Crippen LogP contribution in [0.1, 0.15) is 43.6 Å². The standard InChI is InChI=1S/C16H23ClN2O2/c1-21-16(20)11-14(15-3-2-8-18-12-15)5-4-13-6-9-19(17)10-7-13/h2-3,8,12-14H,4-7,9-11H2,1H3. The van der Waals surface area contributed by atoms with Crippen LogP contribution in [-0.4, -0.2) is 35.6 Å². The molecule has 21 heavy (non-hydrogen) atoms. The van der Waals surface area contributed by atoms with E-state index in [2.05, 4.69) is 4.98 Å². The fourth-order valence-electron chi connectivity index (χ4n) is 2.92. The minimum absolute atomic E-state index is 0.153. The Morgan fingerprint density at radius 2 is 2.29 bits per heavy atom. The van der Waals surface area contributed by atoms with Crippen LogP contribution in [0.4, 0.5) is 0 Å². The normalized spacial score (nSPS) is 18.4. The molecule has 5 heteroatoms. The van der Waals surface area contributed by atoms with Gasteiger partial charge in [0.2, 0.25) is 0 Å². The summed E-state index contributed by atoms with van der Waals surface area (Å²) in [6, 6.07) is 3.97. The predicted molar refractivity (Wildman–Crippen MR) is 83.0 cm³/mol. The molecular weight excluding hydrogens is 288 g/mol. The summed E-state index contributed by atoms with van der Waals surface area (Å²) >= 11 is 5.99. The maximum absolute atomic E-state index is 11.6. The summed E-state index contributed by atoms with van der Waals surface area (Å²) in [7, 11) is 1.44. The molecule has 4 nitrogen and oxygen atoms in total. The molecule has 0 aromatic carbocycles. The molecule has 1 aliphatic rings. The number of esters is 1. The van der Waals surface area contributed by atoms with E-state index in [1.807, 2.05) is 22.7 Å². The number of aromatic nitrogens is 1. The number of hydrogen-bond acceptors (Lipinski definition) is 4. The highest BCUT2D eigenvalue weighted by atomic mass is 35.5. The van der Waals surface area contributed by atoms with E-state index in [4.69, 9.17) is 16.5 Å². The van der Waals surface area contributed by atoms with Gasteiger partial charge in [-0.25, -0.2) is 4.42 Å². The highest BCUT2D eigenvalue weighted by molar-refractivity contribution is 6.13. The van der Waals surface area contributed by atoms with Crippen LogP contribution in [0.25, 0.3) is 0 Å². The Kier molecular flexibility index (Phi) is 6.46. The zero-order valence-electron chi connectivity index (χ0n) is 12.5. The van der Waals surface area contributed by atoms with E-state index < -0.39 is 0 Å². The second-order valence-corrected chi connectivity index (χ2v) is 6.17. The number of rotatable bonds is 6. The van der Waals surface area contributed by atoms with Gasteiger partial charge in [0.1, 0.15) is 0 Å². The van der Waals surface area contributed by atoms with E-state index >= 15 is 0 Å². The lowest BCUT2D eigenvalue weighted by atomic mass is 9.85. The minimum Gasteiger partial charge on any atom is -0.469 e. The van der Waals surface area contributed by atoms with Crippen molar-refractivity contribution >= 4 is 17.7 Å². The van der Waals surface area contributed by atoms with Crippen LogP contribution in [-0.2, 0) is 9.53 Å². The van der Waals surface area contributed by atoms with E-state index in [1.165, 1.54) is 7.11 Å². The fraction of sp³-hybridized carbons (Fsp3) is 0.625. The van der Waals surface area contributed by atoms with Crippen molar-refractivity contribution in [2.75, 3.05) is 20.2 Å². The van der Waals surface area contributed by atoms with Crippen LogP contribution in [0.2, 0.25) is 0 Å². The maximum atomic E-state index is 11.6.